The molecule has 9 heteroatoms. The fraction of sp³-hybridized carbons (Fsp3) is 0.300. The van der Waals surface area contributed by atoms with Gasteiger partial charge in [-0.1, -0.05) is 6.92 Å². The summed E-state index contributed by atoms with van der Waals surface area (Å²) in [6.45, 7) is 1.71. The van der Waals surface area contributed by atoms with Crippen LogP contribution in [0.5, 0.6) is 0 Å². The minimum atomic E-state index is -0.593. The van der Waals surface area contributed by atoms with Crippen LogP contribution in [0.15, 0.2) is 23.7 Å². The lowest BCUT2D eigenvalue weighted by molar-refractivity contribution is -0.119. The van der Waals surface area contributed by atoms with Crippen LogP contribution in [0.1, 0.15) is 44.5 Å². The van der Waals surface area contributed by atoms with E-state index in [-0.39, 0.29) is 0 Å². The van der Waals surface area contributed by atoms with E-state index in [4.69, 9.17) is 10.5 Å². The molecule has 0 aliphatic heterocycles. The van der Waals surface area contributed by atoms with Gasteiger partial charge in [0.05, 0.1) is 26.9 Å². The fourth-order valence-electron chi connectivity index (χ4n) is 3.46. The summed E-state index contributed by atoms with van der Waals surface area (Å²) in [7, 11) is 0. The first-order chi connectivity index (χ1) is 13.9. The minimum absolute atomic E-state index is 0.355. The maximum absolute atomic E-state index is 12.3. The van der Waals surface area contributed by atoms with Crippen molar-refractivity contribution in [3.8, 4) is 0 Å². The van der Waals surface area contributed by atoms with Gasteiger partial charge in [-0.25, -0.2) is 9.78 Å². The number of ether oxygens (including phenoxy) is 1. The average molecular weight is 430 g/mol. The summed E-state index contributed by atoms with van der Waals surface area (Å²) in [5, 5.41) is 3.12. The van der Waals surface area contributed by atoms with Gasteiger partial charge in [-0.05, 0) is 48.9 Å². The zero-order valence-electron chi connectivity index (χ0n) is 15.7. The maximum Gasteiger partial charge on any atom is 0.338 e. The van der Waals surface area contributed by atoms with Crippen LogP contribution in [-0.4, -0.2) is 29.4 Å². The van der Waals surface area contributed by atoms with Gasteiger partial charge in [0.2, 0.25) is 0 Å². The van der Waals surface area contributed by atoms with Crippen molar-refractivity contribution in [3.63, 3.8) is 0 Å². The molecular formula is C20H19N3O4S2. The van der Waals surface area contributed by atoms with Crippen molar-refractivity contribution in [1.82, 2.24) is 4.98 Å². The van der Waals surface area contributed by atoms with Crippen molar-refractivity contribution >= 4 is 55.7 Å². The Labute approximate surface area is 174 Å². The number of primary amides is 1. The molecule has 1 aliphatic rings. The Balaban J connectivity index is 1.43. The largest absolute Gasteiger partial charge is 0.452 e. The van der Waals surface area contributed by atoms with Gasteiger partial charge in [0.1, 0.15) is 5.00 Å². The molecule has 7 nitrogen and oxygen atoms in total. The molecule has 2 amide bonds. The summed E-state index contributed by atoms with van der Waals surface area (Å²) in [6.07, 6.45) is 2.63. The molecule has 4 rings (SSSR count). The van der Waals surface area contributed by atoms with E-state index in [0.717, 1.165) is 39.9 Å². The molecule has 0 radical (unpaired) electrons. The number of nitrogens with zero attached hydrogens (tertiary/aromatic N) is 1. The number of hydrogen-bond acceptors (Lipinski definition) is 7. The Hall–Kier alpha value is -2.78. The van der Waals surface area contributed by atoms with Crippen LogP contribution < -0.4 is 11.1 Å². The van der Waals surface area contributed by atoms with E-state index in [2.05, 4.69) is 17.2 Å². The topological polar surface area (TPSA) is 111 Å². The number of carbonyl (C=O) groups excluding carboxylic acids is 3. The number of fused-ring (bicyclic) bond motifs is 2. The van der Waals surface area contributed by atoms with Gasteiger partial charge < -0.3 is 15.8 Å². The maximum atomic E-state index is 12.3. The third-order valence-electron chi connectivity index (χ3n) is 4.91. The van der Waals surface area contributed by atoms with E-state index >= 15 is 0 Å². The molecule has 0 saturated heterocycles. The van der Waals surface area contributed by atoms with Crippen LogP contribution in [0.4, 0.5) is 5.00 Å². The van der Waals surface area contributed by atoms with Gasteiger partial charge in [0.25, 0.3) is 11.8 Å². The van der Waals surface area contributed by atoms with Crippen LogP contribution in [0.3, 0.4) is 0 Å². The highest BCUT2D eigenvalue weighted by molar-refractivity contribution is 7.17. The number of thiazole rings is 1. The number of benzene rings is 1. The van der Waals surface area contributed by atoms with Crippen LogP contribution in [0, 0.1) is 5.92 Å². The molecule has 1 atom stereocenters. The molecule has 29 heavy (non-hydrogen) atoms. The number of carbonyl (C=O) groups is 3. The van der Waals surface area contributed by atoms with E-state index in [0.29, 0.717) is 22.0 Å². The molecule has 150 valence electrons. The number of amides is 2. The molecule has 0 fully saturated rings. The van der Waals surface area contributed by atoms with Crippen molar-refractivity contribution in [2.24, 2.45) is 11.7 Å². The molecule has 0 unspecified atom stereocenters. The summed E-state index contributed by atoms with van der Waals surface area (Å²) in [5.41, 5.74) is 9.73. The molecule has 1 aromatic carbocycles. The van der Waals surface area contributed by atoms with Crippen molar-refractivity contribution < 1.29 is 19.1 Å². The average Bonchev–Trinajstić information content (AvgIpc) is 3.28. The van der Waals surface area contributed by atoms with Gasteiger partial charge in [-0.3, -0.25) is 9.59 Å². The van der Waals surface area contributed by atoms with Crippen LogP contribution in [-0.2, 0) is 22.4 Å². The number of esters is 1. The summed E-state index contributed by atoms with van der Waals surface area (Å²) < 4.78 is 6.00. The SMILES string of the molecule is C[C@@H]1CCc2c(sc(NC(=O)COC(=O)c3ccc4ncsc4c3)c2C(N)=O)C1. The second-order valence-corrected chi connectivity index (χ2v) is 9.07. The lowest BCUT2D eigenvalue weighted by atomic mass is 9.88. The fourth-order valence-corrected chi connectivity index (χ4v) is 5.61. The van der Waals surface area contributed by atoms with Crippen LogP contribution in [0.2, 0.25) is 0 Å². The molecule has 2 aromatic heterocycles. The molecular weight excluding hydrogens is 410 g/mol. The van der Waals surface area contributed by atoms with Crippen molar-refractivity contribution in [2.75, 3.05) is 11.9 Å². The van der Waals surface area contributed by atoms with Gasteiger partial charge in [0, 0.05) is 4.88 Å². The Kier molecular flexibility index (Phi) is 5.33. The first kappa shape index (κ1) is 19.5. The second kappa shape index (κ2) is 7.92. The van der Waals surface area contributed by atoms with E-state index in [1.807, 2.05) is 0 Å². The standard InChI is InChI=1S/C20H19N3O4S2/c1-10-2-4-12-14(6-10)29-19(17(12)18(21)25)23-16(24)8-27-20(26)11-3-5-13-15(7-11)28-9-22-13/h3,5,7,9-10H,2,4,6,8H2,1H3,(H2,21,25)(H,23,24)/t10-/m1/s1. The normalized spacial score (nSPS) is 15.7. The number of nitrogens with two attached hydrogens (primary N) is 1. The highest BCUT2D eigenvalue weighted by atomic mass is 32.1. The second-order valence-electron chi connectivity index (χ2n) is 7.08. The van der Waals surface area contributed by atoms with Crippen molar-refractivity contribution in [3.05, 3.63) is 45.3 Å². The van der Waals surface area contributed by atoms with Crippen molar-refractivity contribution in [1.29, 1.82) is 0 Å². The molecule has 1 aliphatic carbocycles. The smallest absolute Gasteiger partial charge is 0.338 e. The summed E-state index contributed by atoms with van der Waals surface area (Å²) >= 11 is 2.80. The van der Waals surface area contributed by atoms with Crippen molar-refractivity contribution in [2.45, 2.75) is 26.2 Å². The van der Waals surface area contributed by atoms with Crippen LogP contribution in [0.25, 0.3) is 10.2 Å². The zero-order valence-corrected chi connectivity index (χ0v) is 17.3. The molecule has 0 spiro atoms. The molecule has 0 saturated carbocycles. The van der Waals surface area contributed by atoms with Gasteiger partial charge in [-0.15, -0.1) is 22.7 Å². The predicted molar refractivity (Wildman–Crippen MR) is 113 cm³/mol. The number of thiophene rings is 1. The Morgan fingerprint density at radius 2 is 2.17 bits per heavy atom. The third kappa shape index (κ3) is 4.01. The first-order valence-corrected chi connectivity index (χ1v) is 10.9. The zero-order chi connectivity index (χ0) is 20.5. The van der Waals surface area contributed by atoms with Gasteiger partial charge >= 0.3 is 5.97 Å². The van der Waals surface area contributed by atoms with Crippen LogP contribution >= 0.6 is 22.7 Å². The van der Waals surface area contributed by atoms with E-state index in [9.17, 15) is 14.4 Å². The number of aromatic nitrogens is 1. The summed E-state index contributed by atoms with van der Waals surface area (Å²) in [6, 6.07) is 5.04. The lowest BCUT2D eigenvalue weighted by Crippen LogP contribution is -2.23. The lowest BCUT2D eigenvalue weighted by Gasteiger charge is -2.18. The minimum Gasteiger partial charge on any atom is -0.452 e. The Morgan fingerprint density at radius 1 is 1.34 bits per heavy atom. The highest BCUT2D eigenvalue weighted by Gasteiger charge is 2.27. The third-order valence-corrected chi connectivity index (χ3v) is 6.87. The van der Waals surface area contributed by atoms with E-state index in [1.165, 1.54) is 22.7 Å². The highest BCUT2D eigenvalue weighted by Crippen LogP contribution is 2.39. The van der Waals surface area contributed by atoms with Gasteiger partial charge in [0.15, 0.2) is 6.61 Å². The van der Waals surface area contributed by atoms with Gasteiger partial charge in [-0.2, -0.15) is 0 Å². The Bertz CT molecular complexity index is 1120. The molecule has 3 aromatic rings. The molecule has 2 heterocycles. The number of hydrogen-bond donors (Lipinski definition) is 2. The monoisotopic (exact) mass is 429 g/mol. The Morgan fingerprint density at radius 3 is 2.97 bits per heavy atom. The first-order valence-electron chi connectivity index (χ1n) is 9.17. The quantitative estimate of drug-likeness (QED) is 0.604. The van der Waals surface area contributed by atoms with E-state index < -0.39 is 24.4 Å². The number of rotatable bonds is 5. The van der Waals surface area contributed by atoms with E-state index in [1.54, 1.807) is 23.7 Å². The summed E-state index contributed by atoms with van der Waals surface area (Å²) in [5.74, 6) is -1.12. The number of anilines is 1. The molecule has 0 bridgehead atoms. The number of nitrogens with one attached hydrogen (secondary N) is 1. The predicted octanol–water partition coefficient (Wildman–Crippen LogP) is 3.38. The molecule has 3 N–H and O–H groups in total. The summed E-state index contributed by atoms with van der Waals surface area (Å²) in [4.78, 5) is 41.8.